The summed E-state index contributed by atoms with van der Waals surface area (Å²) in [6, 6.07) is 4.29. The normalized spacial score (nSPS) is 16.9. The van der Waals surface area contributed by atoms with Crippen molar-refractivity contribution >= 4 is 23.0 Å². The van der Waals surface area contributed by atoms with Gasteiger partial charge >= 0.3 is 5.97 Å². The van der Waals surface area contributed by atoms with E-state index >= 15 is 0 Å². The fourth-order valence-electron chi connectivity index (χ4n) is 3.56. The van der Waals surface area contributed by atoms with Crippen LogP contribution in [0.4, 0.5) is 0 Å². The van der Waals surface area contributed by atoms with Crippen LogP contribution in [0.2, 0.25) is 0 Å². The van der Waals surface area contributed by atoms with Crippen LogP contribution < -0.4 is 0 Å². The predicted molar refractivity (Wildman–Crippen MR) is 95.2 cm³/mol. The highest BCUT2D eigenvalue weighted by molar-refractivity contribution is 6.08. The summed E-state index contributed by atoms with van der Waals surface area (Å²) in [6.07, 6.45) is 4.10. The Hall–Kier alpha value is -3.16. The average Bonchev–Trinajstić information content (AvgIpc) is 3.40. The predicted octanol–water partition coefficient (Wildman–Crippen LogP) is 3.12. The summed E-state index contributed by atoms with van der Waals surface area (Å²) >= 11 is 0. The molecule has 0 spiro atoms. The van der Waals surface area contributed by atoms with Gasteiger partial charge in [-0.25, -0.2) is 9.78 Å². The minimum absolute atomic E-state index is 0.252. The van der Waals surface area contributed by atoms with Gasteiger partial charge in [-0.2, -0.15) is 0 Å². The molecule has 1 amide bonds. The number of hydrogen-bond donors (Lipinski definition) is 1. The Morgan fingerprint density at radius 1 is 1.41 bits per heavy atom. The maximum absolute atomic E-state index is 13.3. The summed E-state index contributed by atoms with van der Waals surface area (Å²) in [7, 11) is 0. The lowest BCUT2D eigenvalue weighted by atomic mass is 10.0. The molecule has 8 heteroatoms. The zero-order valence-corrected chi connectivity index (χ0v) is 14.8. The van der Waals surface area contributed by atoms with Crippen molar-refractivity contribution < 1.29 is 23.6 Å². The number of aromatic nitrogens is 2. The molecule has 1 fully saturated rings. The van der Waals surface area contributed by atoms with E-state index < -0.39 is 12.0 Å². The molecule has 27 heavy (non-hydrogen) atoms. The molecule has 1 aliphatic rings. The van der Waals surface area contributed by atoms with Gasteiger partial charge in [-0.1, -0.05) is 18.5 Å². The summed E-state index contributed by atoms with van der Waals surface area (Å²) in [5.41, 5.74) is 1.70. The molecule has 1 N–H and O–H groups in total. The number of nitrogens with zero attached hydrogens (tertiary/aromatic N) is 3. The number of carbonyl (C=O) groups excluding carboxylic acids is 1. The van der Waals surface area contributed by atoms with Crippen LogP contribution in [0.1, 0.15) is 42.2 Å². The van der Waals surface area contributed by atoms with Gasteiger partial charge in [-0.3, -0.25) is 4.79 Å². The number of aliphatic carboxylic acids is 1. The van der Waals surface area contributed by atoms with Gasteiger partial charge < -0.3 is 18.9 Å². The van der Waals surface area contributed by atoms with Crippen LogP contribution in [0.25, 0.3) is 22.6 Å². The first-order chi connectivity index (χ1) is 13.1. The Morgan fingerprint density at radius 3 is 2.96 bits per heavy atom. The third-order valence-corrected chi connectivity index (χ3v) is 4.81. The molecule has 0 bridgehead atoms. The monoisotopic (exact) mass is 369 g/mol. The Bertz CT molecular complexity index is 992. The van der Waals surface area contributed by atoms with Crippen molar-refractivity contribution in [2.75, 3.05) is 6.54 Å². The SMILES string of the molecule is CCCc1noc2nc(-c3ccco3)cc(C(=O)N3CCC[C@H]3C(=O)O)c12. The Labute approximate surface area is 154 Å². The second-order valence-corrected chi connectivity index (χ2v) is 6.59. The van der Waals surface area contributed by atoms with E-state index in [4.69, 9.17) is 8.94 Å². The van der Waals surface area contributed by atoms with Crippen molar-refractivity contribution in [2.45, 2.75) is 38.6 Å². The molecule has 1 atom stereocenters. The minimum Gasteiger partial charge on any atom is -0.480 e. The van der Waals surface area contributed by atoms with Crippen molar-refractivity contribution in [3.63, 3.8) is 0 Å². The number of likely N-dealkylation sites (tertiary alicyclic amines) is 1. The van der Waals surface area contributed by atoms with Gasteiger partial charge in [0, 0.05) is 6.54 Å². The first-order valence-corrected chi connectivity index (χ1v) is 8.97. The van der Waals surface area contributed by atoms with Gasteiger partial charge in [-0.05, 0) is 37.5 Å². The van der Waals surface area contributed by atoms with Crippen LogP contribution in [0.15, 0.2) is 33.4 Å². The van der Waals surface area contributed by atoms with Gasteiger partial charge in [0.15, 0.2) is 5.76 Å². The number of carbonyl (C=O) groups is 2. The molecule has 4 rings (SSSR count). The maximum atomic E-state index is 13.3. The van der Waals surface area contributed by atoms with Gasteiger partial charge in [0.2, 0.25) is 0 Å². The van der Waals surface area contributed by atoms with Crippen LogP contribution >= 0.6 is 0 Å². The molecule has 3 aromatic heterocycles. The van der Waals surface area contributed by atoms with E-state index in [9.17, 15) is 14.7 Å². The number of carboxylic acid groups (broad SMARTS) is 1. The van der Waals surface area contributed by atoms with Crippen LogP contribution in [0.3, 0.4) is 0 Å². The Kier molecular flexibility index (Phi) is 4.39. The van der Waals surface area contributed by atoms with E-state index in [1.807, 2.05) is 6.92 Å². The fraction of sp³-hybridized carbons (Fsp3) is 0.368. The maximum Gasteiger partial charge on any atom is 0.326 e. The number of hydrogen-bond acceptors (Lipinski definition) is 6. The van der Waals surface area contributed by atoms with E-state index in [2.05, 4.69) is 10.1 Å². The number of carboxylic acids is 1. The van der Waals surface area contributed by atoms with Crippen molar-refractivity contribution in [1.29, 1.82) is 0 Å². The highest BCUT2D eigenvalue weighted by Gasteiger charge is 2.36. The summed E-state index contributed by atoms with van der Waals surface area (Å²) < 4.78 is 10.8. The van der Waals surface area contributed by atoms with Crippen molar-refractivity contribution in [3.8, 4) is 11.5 Å². The van der Waals surface area contributed by atoms with Crippen molar-refractivity contribution in [3.05, 3.63) is 35.7 Å². The molecule has 3 aromatic rings. The molecule has 0 radical (unpaired) electrons. The van der Waals surface area contributed by atoms with Crippen LogP contribution in [0, 0.1) is 0 Å². The van der Waals surface area contributed by atoms with E-state index in [0.717, 1.165) is 6.42 Å². The van der Waals surface area contributed by atoms with E-state index in [0.29, 0.717) is 53.9 Å². The number of furan rings is 1. The standard InChI is InChI=1S/C19H19N3O5/c1-2-5-12-16-11(18(23)22-8-3-6-14(22)19(24)25)10-13(15-7-4-9-26-15)20-17(16)27-21-12/h4,7,9-10,14H,2-3,5-6,8H2,1H3,(H,24,25)/t14-/m0/s1. The van der Waals surface area contributed by atoms with Crippen molar-refractivity contribution in [2.24, 2.45) is 0 Å². The van der Waals surface area contributed by atoms with Crippen LogP contribution in [0.5, 0.6) is 0 Å². The number of aryl methyl sites for hydroxylation is 1. The fourth-order valence-corrected chi connectivity index (χ4v) is 3.56. The number of rotatable bonds is 5. The van der Waals surface area contributed by atoms with Crippen LogP contribution in [-0.2, 0) is 11.2 Å². The third kappa shape index (κ3) is 2.97. The lowest BCUT2D eigenvalue weighted by molar-refractivity contribution is -0.141. The molecular formula is C19H19N3O5. The molecule has 0 aromatic carbocycles. The number of fused-ring (bicyclic) bond motifs is 1. The van der Waals surface area contributed by atoms with Gasteiger partial charge in [-0.15, -0.1) is 0 Å². The molecule has 1 aliphatic heterocycles. The first-order valence-electron chi connectivity index (χ1n) is 8.97. The second-order valence-electron chi connectivity index (χ2n) is 6.59. The molecule has 1 saturated heterocycles. The average molecular weight is 369 g/mol. The van der Waals surface area contributed by atoms with Gasteiger partial charge in [0.25, 0.3) is 11.6 Å². The number of amides is 1. The molecular weight excluding hydrogens is 350 g/mol. The quantitative estimate of drug-likeness (QED) is 0.735. The van der Waals surface area contributed by atoms with E-state index in [1.165, 1.54) is 11.2 Å². The minimum atomic E-state index is -0.989. The summed E-state index contributed by atoms with van der Waals surface area (Å²) in [5.74, 6) is -0.840. The molecule has 0 unspecified atom stereocenters. The highest BCUT2D eigenvalue weighted by Crippen LogP contribution is 2.31. The zero-order valence-electron chi connectivity index (χ0n) is 14.8. The van der Waals surface area contributed by atoms with Gasteiger partial charge in [0.05, 0.1) is 22.9 Å². The number of pyridine rings is 1. The summed E-state index contributed by atoms with van der Waals surface area (Å²) in [5, 5.41) is 14.1. The smallest absolute Gasteiger partial charge is 0.326 e. The molecule has 140 valence electrons. The summed E-state index contributed by atoms with van der Waals surface area (Å²) in [4.78, 5) is 30.7. The Balaban J connectivity index is 1.87. The summed E-state index contributed by atoms with van der Waals surface area (Å²) in [6.45, 7) is 2.41. The highest BCUT2D eigenvalue weighted by atomic mass is 16.5. The van der Waals surface area contributed by atoms with E-state index in [-0.39, 0.29) is 11.6 Å². The van der Waals surface area contributed by atoms with Crippen molar-refractivity contribution in [1.82, 2.24) is 15.0 Å². The lowest BCUT2D eigenvalue weighted by Gasteiger charge is -2.22. The zero-order chi connectivity index (χ0) is 19.0. The van der Waals surface area contributed by atoms with Gasteiger partial charge in [0.1, 0.15) is 11.7 Å². The van der Waals surface area contributed by atoms with E-state index in [1.54, 1.807) is 18.2 Å². The second kappa shape index (κ2) is 6.86. The molecule has 0 aliphatic carbocycles. The topological polar surface area (TPSA) is 110 Å². The largest absolute Gasteiger partial charge is 0.480 e. The Morgan fingerprint density at radius 2 is 2.26 bits per heavy atom. The molecule has 8 nitrogen and oxygen atoms in total. The lowest BCUT2D eigenvalue weighted by Crippen LogP contribution is -2.40. The first kappa shape index (κ1) is 17.3. The van der Waals surface area contributed by atoms with Crippen LogP contribution in [-0.4, -0.2) is 44.6 Å². The molecule has 4 heterocycles. The third-order valence-electron chi connectivity index (χ3n) is 4.81. The molecule has 0 saturated carbocycles.